The average molecular weight is 318 g/mol. The van der Waals surface area contributed by atoms with Gasteiger partial charge in [0.1, 0.15) is 5.82 Å². The number of hydrogen-bond donors (Lipinski definition) is 2. The van der Waals surface area contributed by atoms with E-state index in [0.717, 1.165) is 17.1 Å². The molecule has 0 aliphatic carbocycles. The van der Waals surface area contributed by atoms with Crippen molar-refractivity contribution in [2.45, 2.75) is 13.0 Å². The highest BCUT2D eigenvalue weighted by atomic mass is 32.1. The summed E-state index contributed by atoms with van der Waals surface area (Å²) in [6, 6.07) is 11.9. The number of rotatable bonds is 3. The minimum absolute atomic E-state index is 0.0249. The number of thiocarbonyl (C=S) groups is 1. The number of halogens is 1. The molecule has 2 N–H and O–H groups in total. The van der Waals surface area contributed by atoms with Crippen LogP contribution < -0.4 is 20.1 Å². The highest BCUT2D eigenvalue weighted by Gasteiger charge is 2.16. The molecule has 3 rings (SSSR count). The highest BCUT2D eigenvalue weighted by Crippen LogP contribution is 2.34. The topological polar surface area (TPSA) is 42.5 Å². The Hall–Kier alpha value is -2.34. The van der Waals surface area contributed by atoms with Gasteiger partial charge in [-0.05, 0) is 55.0 Å². The summed E-state index contributed by atoms with van der Waals surface area (Å²) in [5, 5.41) is 6.54. The van der Waals surface area contributed by atoms with E-state index >= 15 is 0 Å². The van der Waals surface area contributed by atoms with E-state index < -0.39 is 0 Å². The molecular formula is C16H15FN2O2S. The van der Waals surface area contributed by atoms with Crippen LogP contribution in [0, 0.1) is 5.82 Å². The zero-order valence-electron chi connectivity index (χ0n) is 11.9. The number of hydrogen-bond acceptors (Lipinski definition) is 3. The molecule has 1 aliphatic heterocycles. The minimum Gasteiger partial charge on any atom is -0.454 e. The van der Waals surface area contributed by atoms with E-state index in [-0.39, 0.29) is 18.7 Å². The molecule has 0 aromatic heterocycles. The third kappa shape index (κ3) is 3.28. The summed E-state index contributed by atoms with van der Waals surface area (Å²) in [5.74, 6) is 1.17. The molecule has 1 atom stereocenters. The zero-order valence-corrected chi connectivity index (χ0v) is 12.7. The first-order chi connectivity index (χ1) is 10.6. The van der Waals surface area contributed by atoms with E-state index in [0.29, 0.717) is 10.8 Å². The van der Waals surface area contributed by atoms with Crippen molar-refractivity contribution in [2.75, 3.05) is 12.1 Å². The summed E-state index contributed by atoms with van der Waals surface area (Å²) in [7, 11) is 0. The fraction of sp³-hybridized carbons (Fsp3) is 0.188. The molecule has 0 spiro atoms. The second-order valence-electron chi connectivity index (χ2n) is 4.94. The van der Waals surface area contributed by atoms with Crippen molar-refractivity contribution in [1.29, 1.82) is 0 Å². The van der Waals surface area contributed by atoms with Crippen LogP contribution in [-0.2, 0) is 0 Å². The van der Waals surface area contributed by atoms with Gasteiger partial charge in [-0.2, -0.15) is 0 Å². The van der Waals surface area contributed by atoms with Crippen LogP contribution >= 0.6 is 12.2 Å². The van der Waals surface area contributed by atoms with E-state index in [1.165, 1.54) is 12.1 Å². The Morgan fingerprint density at radius 2 is 2.00 bits per heavy atom. The maximum Gasteiger partial charge on any atom is 0.231 e. The van der Waals surface area contributed by atoms with E-state index in [1.54, 1.807) is 12.1 Å². The molecule has 1 heterocycles. The first-order valence-corrected chi connectivity index (χ1v) is 7.25. The van der Waals surface area contributed by atoms with Gasteiger partial charge in [0, 0.05) is 5.69 Å². The molecule has 6 heteroatoms. The lowest BCUT2D eigenvalue weighted by Gasteiger charge is -2.17. The van der Waals surface area contributed by atoms with Crippen molar-refractivity contribution >= 4 is 23.0 Å². The molecule has 114 valence electrons. The maximum atomic E-state index is 13.1. The zero-order chi connectivity index (χ0) is 15.5. The minimum atomic E-state index is -0.309. The van der Waals surface area contributed by atoms with Crippen molar-refractivity contribution in [1.82, 2.24) is 5.32 Å². The van der Waals surface area contributed by atoms with Crippen molar-refractivity contribution in [3.63, 3.8) is 0 Å². The molecule has 0 saturated heterocycles. The number of benzene rings is 2. The lowest BCUT2D eigenvalue weighted by Crippen LogP contribution is -2.30. The van der Waals surface area contributed by atoms with Gasteiger partial charge in [-0.3, -0.25) is 0 Å². The van der Waals surface area contributed by atoms with E-state index in [2.05, 4.69) is 10.6 Å². The molecule has 0 saturated carbocycles. The van der Waals surface area contributed by atoms with E-state index in [9.17, 15) is 4.39 Å². The fourth-order valence-corrected chi connectivity index (χ4v) is 2.49. The molecule has 0 radical (unpaired) electrons. The van der Waals surface area contributed by atoms with Crippen LogP contribution in [0.25, 0.3) is 0 Å². The van der Waals surface area contributed by atoms with Gasteiger partial charge in [-0.1, -0.05) is 12.1 Å². The average Bonchev–Trinajstić information content (AvgIpc) is 2.94. The monoisotopic (exact) mass is 318 g/mol. The Labute approximate surface area is 133 Å². The Morgan fingerprint density at radius 3 is 2.82 bits per heavy atom. The van der Waals surface area contributed by atoms with Crippen molar-refractivity contribution in [3.8, 4) is 11.5 Å². The van der Waals surface area contributed by atoms with Gasteiger partial charge < -0.3 is 20.1 Å². The smallest absolute Gasteiger partial charge is 0.231 e. The standard InChI is InChI=1S/C16H15FN2O2S/c1-10(11-5-6-14-15(7-11)21-9-20-14)18-16(22)19-13-4-2-3-12(17)8-13/h2-8,10H,9H2,1H3,(H2,18,19,22). The van der Waals surface area contributed by atoms with E-state index in [1.807, 2.05) is 25.1 Å². The summed E-state index contributed by atoms with van der Waals surface area (Å²) in [6.45, 7) is 2.23. The molecule has 1 aliphatic rings. The van der Waals surface area contributed by atoms with Crippen LogP contribution in [0.3, 0.4) is 0 Å². The summed E-state index contributed by atoms with van der Waals surface area (Å²) in [6.07, 6.45) is 0. The van der Waals surface area contributed by atoms with Gasteiger partial charge in [0.05, 0.1) is 6.04 Å². The third-order valence-corrected chi connectivity index (χ3v) is 3.55. The summed E-state index contributed by atoms with van der Waals surface area (Å²) in [4.78, 5) is 0. The van der Waals surface area contributed by atoms with Crippen molar-refractivity contribution in [3.05, 3.63) is 53.8 Å². The Bertz CT molecular complexity index is 708. The third-order valence-electron chi connectivity index (χ3n) is 3.33. The van der Waals surface area contributed by atoms with E-state index in [4.69, 9.17) is 21.7 Å². The van der Waals surface area contributed by atoms with Crippen molar-refractivity contribution in [2.24, 2.45) is 0 Å². The molecule has 2 aromatic rings. The van der Waals surface area contributed by atoms with Gasteiger partial charge in [0.15, 0.2) is 16.6 Å². The molecule has 0 fully saturated rings. The number of fused-ring (bicyclic) bond motifs is 1. The first-order valence-electron chi connectivity index (χ1n) is 6.84. The molecule has 4 nitrogen and oxygen atoms in total. The Balaban J connectivity index is 1.63. The van der Waals surface area contributed by atoms with Crippen LogP contribution in [0.15, 0.2) is 42.5 Å². The van der Waals surface area contributed by atoms with Gasteiger partial charge in [0.25, 0.3) is 0 Å². The predicted molar refractivity (Wildman–Crippen MR) is 86.7 cm³/mol. The Kier molecular flexibility index (Phi) is 4.11. The van der Waals surface area contributed by atoms with Crippen LogP contribution in [-0.4, -0.2) is 11.9 Å². The maximum absolute atomic E-state index is 13.1. The fourth-order valence-electron chi connectivity index (χ4n) is 2.20. The van der Waals surface area contributed by atoms with Gasteiger partial charge in [-0.25, -0.2) is 4.39 Å². The highest BCUT2D eigenvalue weighted by molar-refractivity contribution is 7.80. The van der Waals surface area contributed by atoms with Gasteiger partial charge >= 0.3 is 0 Å². The molecule has 22 heavy (non-hydrogen) atoms. The van der Waals surface area contributed by atoms with Crippen molar-refractivity contribution < 1.29 is 13.9 Å². The second kappa shape index (κ2) is 6.19. The molecule has 1 unspecified atom stereocenters. The summed E-state index contributed by atoms with van der Waals surface area (Å²) in [5.41, 5.74) is 1.63. The predicted octanol–water partition coefficient (Wildman–Crippen LogP) is 3.60. The van der Waals surface area contributed by atoms with Crippen LogP contribution in [0.1, 0.15) is 18.5 Å². The molecular weight excluding hydrogens is 303 g/mol. The molecule has 0 bridgehead atoms. The summed E-state index contributed by atoms with van der Waals surface area (Å²) >= 11 is 5.25. The lowest BCUT2D eigenvalue weighted by molar-refractivity contribution is 0.174. The van der Waals surface area contributed by atoms with Gasteiger partial charge in [-0.15, -0.1) is 0 Å². The largest absolute Gasteiger partial charge is 0.454 e. The number of anilines is 1. The Morgan fingerprint density at radius 1 is 1.18 bits per heavy atom. The lowest BCUT2D eigenvalue weighted by atomic mass is 10.1. The van der Waals surface area contributed by atoms with Crippen LogP contribution in [0.4, 0.5) is 10.1 Å². The normalized spacial score (nSPS) is 13.5. The number of nitrogens with one attached hydrogen (secondary N) is 2. The summed E-state index contributed by atoms with van der Waals surface area (Å²) < 4.78 is 23.8. The molecule has 0 amide bonds. The SMILES string of the molecule is CC(NC(=S)Nc1cccc(F)c1)c1ccc2c(c1)OCO2. The number of ether oxygens (including phenoxy) is 2. The first kappa shape index (κ1) is 14.6. The second-order valence-corrected chi connectivity index (χ2v) is 5.35. The quantitative estimate of drug-likeness (QED) is 0.847. The van der Waals surface area contributed by atoms with Gasteiger partial charge in [0.2, 0.25) is 6.79 Å². The van der Waals surface area contributed by atoms with Crippen LogP contribution in [0.2, 0.25) is 0 Å². The molecule has 2 aromatic carbocycles. The van der Waals surface area contributed by atoms with Crippen LogP contribution in [0.5, 0.6) is 11.5 Å².